The van der Waals surface area contributed by atoms with Crippen molar-refractivity contribution in [1.82, 2.24) is 20.1 Å². The van der Waals surface area contributed by atoms with Crippen LogP contribution >= 0.6 is 11.6 Å². The van der Waals surface area contributed by atoms with Crippen LogP contribution in [-0.2, 0) is 22.5 Å². The minimum absolute atomic E-state index is 0.0394. The second-order valence-electron chi connectivity index (χ2n) is 8.07. The number of hydrogen-bond acceptors (Lipinski definition) is 5. The summed E-state index contributed by atoms with van der Waals surface area (Å²) < 4.78 is 7.26. The van der Waals surface area contributed by atoms with Gasteiger partial charge in [-0.1, -0.05) is 17.7 Å². The molecule has 1 saturated heterocycles. The lowest BCUT2D eigenvalue weighted by atomic mass is 10.1. The van der Waals surface area contributed by atoms with Gasteiger partial charge in [0.15, 0.2) is 0 Å². The predicted octanol–water partition coefficient (Wildman–Crippen LogP) is 3.54. The highest BCUT2D eigenvalue weighted by Crippen LogP contribution is 2.23. The zero-order valence-corrected chi connectivity index (χ0v) is 19.4. The van der Waals surface area contributed by atoms with E-state index in [4.69, 9.17) is 16.3 Å². The average molecular weight is 454 g/mol. The second kappa shape index (κ2) is 9.71. The topological polar surface area (TPSA) is 72.3 Å². The summed E-state index contributed by atoms with van der Waals surface area (Å²) in [6.07, 6.45) is 2.07. The van der Waals surface area contributed by atoms with Crippen LogP contribution in [0.25, 0.3) is 5.69 Å². The van der Waals surface area contributed by atoms with E-state index in [1.807, 2.05) is 55.8 Å². The number of halogens is 1. The van der Waals surface area contributed by atoms with Gasteiger partial charge >= 0.3 is 0 Å². The van der Waals surface area contributed by atoms with Gasteiger partial charge in [0.2, 0.25) is 5.91 Å². The highest BCUT2D eigenvalue weighted by Gasteiger charge is 2.17. The molecule has 0 bridgehead atoms. The van der Waals surface area contributed by atoms with Crippen molar-refractivity contribution in [2.24, 2.45) is 0 Å². The maximum atomic E-state index is 12.7. The summed E-state index contributed by atoms with van der Waals surface area (Å²) in [4.78, 5) is 19.4. The van der Waals surface area contributed by atoms with Crippen molar-refractivity contribution >= 4 is 23.3 Å². The molecule has 32 heavy (non-hydrogen) atoms. The molecule has 3 aromatic rings. The molecular weight excluding hydrogens is 426 g/mol. The number of carbonyl (C=O) groups excluding carboxylic acids is 1. The van der Waals surface area contributed by atoms with E-state index in [1.54, 1.807) is 6.20 Å². The van der Waals surface area contributed by atoms with Crippen LogP contribution < -0.4 is 10.2 Å². The van der Waals surface area contributed by atoms with Crippen LogP contribution in [0, 0.1) is 20.8 Å². The number of amides is 1. The molecule has 8 heteroatoms. The molecule has 1 fully saturated rings. The lowest BCUT2D eigenvalue weighted by Gasteiger charge is -2.28. The SMILES string of the molecule is Cc1ccc(-n2nc(C)c(CC(=O)NCc3ccnc(N4CCOCC4)c3)c2C)cc1Cl. The van der Waals surface area contributed by atoms with Gasteiger partial charge in [-0.25, -0.2) is 9.67 Å². The van der Waals surface area contributed by atoms with E-state index >= 15 is 0 Å². The molecule has 1 aliphatic heterocycles. The minimum atomic E-state index is -0.0394. The smallest absolute Gasteiger partial charge is 0.224 e. The Morgan fingerprint density at radius 1 is 1.16 bits per heavy atom. The molecular formula is C24H28ClN5O2. The molecule has 1 aromatic carbocycles. The Kier molecular flexibility index (Phi) is 6.77. The number of rotatable bonds is 6. The summed E-state index contributed by atoms with van der Waals surface area (Å²) in [5.74, 6) is 0.882. The van der Waals surface area contributed by atoms with E-state index in [-0.39, 0.29) is 12.3 Å². The number of carbonyl (C=O) groups is 1. The van der Waals surface area contributed by atoms with Gasteiger partial charge in [-0.2, -0.15) is 5.10 Å². The predicted molar refractivity (Wildman–Crippen MR) is 126 cm³/mol. The van der Waals surface area contributed by atoms with Gasteiger partial charge in [-0.3, -0.25) is 4.79 Å². The molecule has 0 saturated carbocycles. The summed E-state index contributed by atoms with van der Waals surface area (Å²) in [5.41, 5.74) is 5.64. The first-order valence-electron chi connectivity index (χ1n) is 10.8. The molecule has 168 valence electrons. The Labute approximate surface area is 193 Å². The number of morpholine rings is 1. The van der Waals surface area contributed by atoms with Gasteiger partial charge in [0.05, 0.1) is 31.0 Å². The molecule has 2 aromatic heterocycles. The number of aryl methyl sites for hydroxylation is 2. The fraction of sp³-hybridized carbons (Fsp3) is 0.375. The van der Waals surface area contributed by atoms with E-state index in [2.05, 4.69) is 20.3 Å². The van der Waals surface area contributed by atoms with Crippen LogP contribution in [-0.4, -0.2) is 47.0 Å². The van der Waals surface area contributed by atoms with Gasteiger partial charge in [-0.05, 0) is 56.2 Å². The van der Waals surface area contributed by atoms with Crippen molar-refractivity contribution in [3.8, 4) is 5.69 Å². The number of ether oxygens (including phenoxy) is 1. The van der Waals surface area contributed by atoms with Crippen LogP contribution in [0.15, 0.2) is 36.5 Å². The van der Waals surface area contributed by atoms with Crippen molar-refractivity contribution in [1.29, 1.82) is 0 Å². The Morgan fingerprint density at radius 3 is 2.69 bits per heavy atom. The lowest BCUT2D eigenvalue weighted by Crippen LogP contribution is -2.36. The molecule has 0 spiro atoms. The fourth-order valence-corrected chi connectivity index (χ4v) is 4.03. The van der Waals surface area contributed by atoms with E-state index in [9.17, 15) is 4.79 Å². The third-order valence-electron chi connectivity index (χ3n) is 5.81. The van der Waals surface area contributed by atoms with Gasteiger partial charge in [0, 0.05) is 42.1 Å². The molecule has 3 heterocycles. The van der Waals surface area contributed by atoms with Crippen LogP contribution in [0.1, 0.15) is 28.1 Å². The van der Waals surface area contributed by atoms with Crippen molar-refractivity contribution in [3.63, 3.8) is 0 Å². The summed E-state index contributed by atoms with van der Waals surface area (Å²) >= 11 is 6.29. The average Bonchev–Trinajstić information content (AvgIpc) is 3.08. The Hall–Kier alpha value is -2.90. The molecule has 7 nitrogen and oxygen atoms in total. The Bertz CT molecular complexity index is 1120. The number of pyridine rings is 1. The number of nitrogens with one attached hydrogen (secondary N) is 1. The maximum absolute atomic E-state index is 12.7. The highest BCUT2D eigenvalue weighted by atomic mass is 35.5. The summed E-state index contributed by atoms with van der Waals surface area (Å²) in [7, 11) is 0. The molecule has 0 atom stereocenters. The van der Waals surface area contributed by atoms with E-state index < -0.39 is 0 Å². The minimum Gasteiger partial charge on any atom is -0.378 e. The van der Waals surface area contributed by atoms with Gasteiger partial charge in [-0.15, -0.1) is 0 Å². The van der Waals surface area contributed by atoms with Crippen molar-refractivity contribution in [2.75, 3.05) is 31.2 Å². The third kappa shape index (κ3) is 4.95. The van der Waals surface area contributed by atoms with E-state index in [0.717, 1.165) is 52.7 Å². The van der Waals surface area contributed by atoms with Crippen LogP contribution in [0.3, 0.4) is 0 Å². The third-order valence-corrected chi connectivity index (χ3v) is 6.22. The maximum Gasteiger partial charge on any atom is 0.224 e. The zero-order chi connectivity index (χ0) is 22.7. The van der Waals surface area contributed by atoms with Crippen LogP contribution in [0.2, 0.25) is 5.02 Å². The number of hydrogen-bond donors (Lipinski definition) is 1. The number of nitrogens with zero attached hydrogens (tertiary/aromatic N) is 4. The molecule has 0 unspecified atom stereocenters. The van der Waals surface area contributed by atoms with Gasteiger partial charge in [0.25, 0.3) is 0 Å². The molecule has 0 aliphatic carbocycles. The summed E-state index contributed by atoms with van der Waals surface area (Å²) in [6.45, 7) is 9.42. The van der Waals surface area contributed by atoms with Gasteiger partial charge < -0.3 is 15.0 Å². The lowest BCUT2D eigenvalue weighted by molar-refractivity contribution is -0.120. The number of benzene rings is 1. The standard InChI is InChI=1S/C24H28ClN5O2/c1-16-4-5-20(13-22(16)25)30-18(3)21(17(2)28-30)14-24(31)27-15-19-6-7-26-23(12-19)29-8-10-32-11-9-29/h4-7,12-13H,8-11,14-15H2,1-3H3,(H,27,31). The van der Waals surface area contributed by atoms with Crippen molar-refractivity contribution in [2.45, 2.75) is 33.7 Å². The van der Waals surface area contributed by atoms with Crippen LogP contribution in [0.4, 0.5) is 5.82 Å². The van der Waals surface area contributed by atoms with E-state index in [1.165, 1.54) is 0 Å². The first-order chi connectivity index (χ1) is 15.4. The Balaban J connectivity index is 1.41. The molecule has 1 amide bonds. The fourth-order valence-electron chi connectivity index (χ4n) is 3.86. The first-order valence-corrected chi connectivity index (χ1v) is 11.2. The zero-order valence-electron chi connectivity index (χ0n) is 18.7. The van der Waals surface area contributed by atoms with Crippen LogP contribution in [0.5, 0.6) is 0 Å². The number of aromatic nitrogens is 3. The van der Waals surface area contributed by atoms with Gasteiger partial charge in [0.1, 0.15) is 5.82 Å². The Morgan fingerprint density at radius 2 is 1.94 bits per heavy atom. The quantitative estimate of drug-likeness (QED) is 0.618. The second-order valence-corrected chi connectivity index (χ2v) is 8.48. The molecule has 1 N–H and O–H groups in total. The summed E-state index contributed by atoms with van der Waals surface area (Å²) in [5, 5.41) is 8.37. The molecule has 4 rings (SSSR count). The molecule has 0 radical (unpaired) electrons. The number of anilines is 1. The normalized spacial score (nSPS) is 13.9. The monoisotopic (exact) mass is 453 g/mol. The van der Waals surface area contributed by atoms with Crippen molar-refractivity contribution in [3.05, 3.63) is 69.6 Å². The molecule has 1 aliphatic rings. The first kappa shape index (κ1) is 22.3. The largest absolute Gasteiger partial charge is 0.378 e. The highest BCUT2D eigenvalue weighted by molar-refractivity contribution is 6.31. The summed E-state index contributed by atoms with van der Waals surface area (Å²) in [6, 6.07) is 9.82. The van der Waals surface area contributed by atoms with E-state index in [0.29, 0.717) is 24.8 Å². The van der Waals surface area contributed by atoms with Crippen molar-refractivity contribution < 1.29 is 9.53 Å².